The van der Waals surface area contributed by atoms with Crippen molar-refractivity contribution in [3.8, 4) is 0 Å². The lowest BCUT2D eigenvalue weighted by Crippen LogP contribution is -2.38. The highest BCUT2D eigenvalue weighted by Gasteiger charge is 2.30. The van der Waals surface area contributed by atoms with Crippen LogP contribution in [0.5, 0.6) is 0 Å². The molecule has 1 atom stereocenters. The number of likely N-dealkylation sites (tertiary alicyclic amines) is 1. The molecule has 1 aliphatic heterocycles. The van der Waals surface area contributed by atoms with Crippen LogP contribution in [-0.2, 0) is 11.3 Å². The van der Waals surface area contributed by atoms with E-state index in [1.165, 1.54) is 4.88 Å². The van der Waals surface area contributed by atoms with E-state index in [2.05, 4.69) is 17.2 Å². The number of hydrogen-bond donors (Lipinski definition) is 1. The number of carbonyl (C=O) groups excluding carboxylic acids is 1. The smallest absolute Gasteiger partial charge is 0.240 e. The Labute approximate surface area is 106 Å². The van der Waals surface area contributed by atoms with E-state index in [1.807, 2.05) is 18.0 Å². The molecule has 1 aromatic rings. The van der Waals surface area contributed by atoms with E-state index in [0.29, 0.717) is 6.54 Å². The first kappa shape index (κ1) is 12.5. The summed E-state index contributed by atoms with van der Waals surface area (Å²) in [5.74, 6) is 0.240. The molecule has 4 nitrogen and oxygen atoms in total. The number of nitrogens with one attached hydrogen (secondary N) is 1. The number of rotatable bonds is 5. The van der Waals surface area contributed by atoms with Crippen LogP contribution >= 0.6 is 11.3 Å². The maximum atomic E-state index is 12.1. The maximum absolute atomic E-state index is 12.1. The predicted octanol–water partition coefficient (Wildman–Crippen LogP) is 1.55. The van der Waals surface area contributed by atoms with Crippen LogP contribution < -0.4 is 5.32 Å². The van der Waals surface area contributed by atoms with Gasteiger partial charge in [0.2, 0.25) is 5.91 Å². The van der Waals surface area contributed by atoms with Gasteiger partial charge in [-0.3, -0.25) is 4.79 Å². The molecule has 1 amide bonds. The van der Waals surface area contributed by atoms with E-state index in [1.54, 1.807) is 11.3 Å². The van der Waals surface area contributed by atoms with Gasteiger partial charge < -0.3 is 10.2 Å². The molecule has 0 radical (unpaired) electrons. The lowest BCUT2D eigenvalue weighted by atomic mass is 10.2. The molecule has 1 fully saturated rings. The van der Waals surface area contributed by atoms with Crippen molar-refractivity contribution in [1.29, 1.82) is 0 Å². The van der Waals surface area contributed by atoms with Crippen molar-refractivity contribution in [1.82, 2.24) is 15.2 Å². The molecule has 5 heteroatoms. The number of carbonyl (C=O) groups is 1. The van der Waals surface area contributed by atoms with E-state index in [4.69, 9.17) is 0 Å². The summed E-state index contributed by atoms with van der Waals surface area (Å²) in [5.41, 5.74) is 0. The van der Waals surface area contributed by atoms with Crippen LogP contribution in [0.25, 0.3) is 0 Å². The number of aromatic nitrogens is 1. The SMILES string of the molecule is CCCNC1CCN(Cc2cnc(C)s2)C1=O. The quantitative estimate of drug-likeness (QED) is 0.866. The van der Waals surface area contributed by atoms with Gasteiger partial charge in [-0.25, -0.2) is 4.98 Å². The van der Waals surface area contributed by atoms with Gasteiger partial charge in [0, 0.05) is 17.6 Å². The Morgan fingerprint density at radius 1 is 1.65 bits per heavy atom. The van der Waals surface area contributed by atoms with Gasteiger partial charge in [0.25, 0.3) is 0 Å². The van der Waals surface area contributed by atoms with Crippen molar-refractivity contribution in [2.45, 2.75) is 39.3 Å². The largest absolute Gasteiger partial charge is 0.336 e. The molecular formula is C12H19N3OS. The zero-order valence-corrected chi connectivity index (χ0v) is 11.2. The van der Waals surface area contributed by atoms with Crippen LogP contribution in [0.15, 0.2) is 6.20 Å². The van der Waals surface area contributed by atoms with Crippen molar-refractivity contribution in [2.24, 2.45) is 0 Å². The molecule has 1 N–H and O–H groups in total. The molecule has 17 heavy (non-hydrogen) atoms. The third kappa shape index (κ3) is 3.04. The topological polar surface area (TPSA) is 45.2 Å². The van der Waals surface area contributed by atoms with Crippen LogP contribution in [0, 0.1) is 6.92 Å². The minimum absolute atomic E-state index is 0.0315. The van der Waals surface area contributed by atoms with Crippen molar-refractivity contribution in [3.05, 3.63) is 16.1 Å². The van der Waals surface area contributed by atoms with E-state index in [-0.39, 0.29) is 11.9 Å². The van der Waals surface area contributed by atoms with Gasteiger partial charge in [-0.15, -0.1) is 11.3 Å². The lowest BCUT2D eigenvalue weighted by Gasteiger charge is -2.15. The average molecular weight is 253 g/mol. The highest BCUT2D eigenvalue weighted by Crippen LogP contribution is 2.18. The van der Waals surface area contributed by atoms with Gasteiger partial charge in [0.05, 0.1) is 17.6 Å². The van der Waals surface area contributed by atoms with Crippen molar-refractivity contribution >= 4 is 17.2 Å². The Morgan fingerprint density at radius 2 is 2.47 bits per heavy atom. The molecule has 94 valence electrons. The van der Waals surface area contributed by atoms with Gasteiger partial charge in [-0.2, -0.15) is 0 Å². The summed E-state index contributed by atoms with van der Waals surface area (Å²) in [4.78, 5) is 19.4. The molecule has 1 aromatic heterocycles. The standard InChI is InChI=1S/C12H19N3OS/c1-3-5-13-11-4-6-15(12(11)16)8-10-7-14-9(2)17-10/h7,11,13H,3-6,8H2,1-2H3. The highest BCUT2D eigenvalue weighted by molar-refractivity contribution is 7.11. The van der Waals surface area contributed by atoms with E-state index in [9.17, 15) is 4.79 Å². The van der Waals surface area contributed by atoms with Crippen molar-refractivity contribution in [2.75, 3.05) is 13.1 Å². The van der Waals surface area contributed by atoms with Crippen molar-refractivity contribution < 1.29 is 4.79 Å². The molecular weight excluding hydrogens is 234 g/mol. The number of thiazole rings is 1. The van der Waals surface area contributed by atoms with E-state index >= 15 is 0 Å². The molecule has 1 unspecified atom stereocenters. The summed E-state index contributed by atoms with van der Waals surface area (Å²) in [6, 6.07) is 0.0315. The summed E-state index contributed by atoms with van der Waals surface area (Å²) in [6.07, 6.45) is 3.87. The number of nitrogens with zero attached hydrogens (tertiary/aromatic N) is 2. The van der Waals surface area contributed by atoms with Gasteiger partial charge in [-0.1, -0.05) is 6.92 Å². The zero-order chi connectivity index (χ0) is 12.3. The fourth-order valence-corrected chi connectivity index (χ4v) is 2.88. The number of hydrogen-bond acceptors (Lipinski definition) is 4. The average Bonchev–Trinajstić information content (AvgIpc) is 2.86. The van der Waals surface area contributed by atoms with Gasteiger partial charge in [0.1, 0.15) is 0 Å². The van der Waals surface area contributed by atoms with Crippen molar-refractivity contribution in [3.63, 3.8) is 0 Å². The molecule has 2 heterocycles. The van der Waals surface area contributed by atoms with Crippen LogP contribution in [0.1, 0.15) is 29.7 Å². The first-order valence-corrected chi connectivity index (χ1v) is 6.96. The van der Waals surface area contributed by atoms with E-state index in [0.717, 1.165) is 30.9 Å². The summed E-state index contributed by atoms with van der Waals surface area (Å²) < 4.78 is 0. The molecule has 0 saturated carbocycles. The second-order valence-corrected chi connectivity index (χ2v) is 5.72. The second kappa shape index (κ2) is 5.60. The monoisotopic (exact) mass is 253 g/mol. The fraction of sp³-hybridized carbons (Fsp3) is 0.667. The number of aryl methyl sites for hydroxylation is 1. The van der Waals surface area contributed by atoms with Gasteiger partial charge >= 0.3 is 0 Å². The zero-order valence-electron chi connectivity index (χ0n) is 10.4. The minimum atomic E-state index is 0.0315. The summed E-state index contributed by atoms with van der Waals surface area (Å²) in [6.45, 7) is 6.60. The Bertz CT molecular complexity index is 391. The summed E-state index contributed by atoms with van der Waals surface area (Å²) in [7, 11) is 0. The number of amides is 1. The third-order valence-electron chi connectivity index (χ3n) is 2.95. The predicted molar refractivity (Wildman–Crippen MR) is 69.0 cm³/mol. The normalized spacial score (nSPS) is 20.2. The molecule has 1 saturated heterocycles. The molecule has 0 aliphatic carbocycles. The summed E-state index contributed by atoms with van der Waals surface area (Å²) >= 11 is 1.67. The van der Waals surface area contributed by atoms with Gasteiger partial charge in [0.15, 0.2) is 0 Å². The minimum Gasteiger partial charge on any atom is -0.336 e. The second-order valence-electron chi connectivity index (χ2n) is 4.40. The maximum Gasteiger partial charge on any atom is 0.240 e. The van der Waals surface area contributed by atoms with Crippen LogP contribution in [0.4, 0.5) is 0 Å². The molecule has 0 bridgehead atoms. The van der Waals surface area contributed by atoms with Crippen LogP contribution in [-0.4, -0.2) is 34.9 Å². The first-order valence-electron chi connectivity index (χ1n) is 6.14. The van der Waals surface area contributed by atoms with E-state index < -0.39 is 0 Å². The molecule has 2 rings (SSSR count). The Balaban J connectivity index is 1.89. The third-order valence-corrected chi connectivity index (χ3v) is 3.85. The fourth-order valence-electron chi connectivity index (χ4n) is 2.07. The Morgan fingerprint density at radius 3 is 3.12 bits per heavy atom. The van der Waals surface area contributed by atoms with Gasteiger partial charge in [-0.05, 0) is 26.3 Å². The molecule has 0 spiro atoms. The lowest BCUT2D eigenvalue weighted by molar-refractivity contribution is -0.129. The molecule has 1 aliphatic rings. The first-order chi connectivity index (χ1) is 8.20. The Hall–Kier alpha value is -0.940. The Kier molecular flexibility index (Phi) is 4.12. The van der Waals surface area contributed by atoms with Crippen LogP contribution in [0.2, 0.25) is 0 Å². The highest BCUT2D eigenvalue weighted by atomic mass is 32.1. The summed E-state index contributed by atoms with van der Waals surface area (Å²) in [5, 5.41) is 4.36. The molecule has 0 aromatic carbocycles. The van der Waals surface area contributed by atoms with Crippen LogP contribution in [0.3, 0.4) is 0 Å².